The van der Waals surface area contributed by atoms with Crippen molar-refractivity contribution in [3.63, 3.8) is 0 Å². The van der Waals surface area contributed by atoms with E-state index in [0.29, 0.717) is 0 Å². The van der Waals surface area contributed by atoms with Gasteiger partial charge in [0.25, 0.3) is 0 Å². The van der Waals surface area contributed by atoms with Crippen molar-refractivity contribution in [2.75, 3.05) is 19.6 Å². The van der Waals surface area contributed by atoms with Crippen molar-refractivity contribution in [2.45, 2.75) is 19.8 Å². The summed E-state index contributed by atoms with van der Waals surface area (Å²) in [7, 11) is 0. The van der Waals surface area contributed by atoms with E-state index in [9.17, 15) is 0 Å². The molecule has 11 heavy (non-hydrogen) atoms. The molecule has 0 atom stereocenters. The van der Waals surface area contributed by atoms with Gasteiger partial charge >= 0.3 is 0 Å². The van der Waals surface area contributed by atoms with Gasteiger partial charge in [-0.15, -0.1) is 0 Å². The van der Waals surface area contributed by atoms with Crippen LogP contribution in [0.25, 0.3) is 0 Å². The molecule has 0 radical (unpaired) electrons. The van der Waals surface area contributed by atoms with E-state index in [1.54, 1.807) is 0 Å². The predicted molar refractivity (Wildman–Crippen MR) is 49.6 cm³/mol. The second-order valence-electron chi connectivity index (χ2n) is 3.03. The molecule has 0 aliphatic carbocycles. The maximum absolute atomic E-state index is 3.97. The number of hydrogen-bond acceptors (Lipinski definition) is 1. The Morgan fingerprint density at radius 3 is 3.09 bits per heavy atom. The molecule has 0 aromatic carbocycles. The van der Waals surface area contributed by atoms with Crippen molar-refractivity contribution in [1.29, 1.82) is 0 Å². The third-order valence-corrected chi connectivity index (χ3v) is 2.16. The minimum Gasteiger partial charge on any atom is -0.303 e. The molecule has 0 bridgehead atoms. The quantitative estimate of drug-likeness (QED) is 0.555. The van der Waals surface area contributed by atoms with Crippen molar-refractivity contribution in [2.24, 2.45) is 0 Å². The number of nitrogens with zero attached hydrogens (tertiary/aromatic N) is 1. The second-order valence-corrected chi connectivity index (χ2v) is 3.03. The fraction of sp³-hybridized carbons (Fsp3) is 0.600. The Morgan fingerprint density at radius 2 is 2.36 bits per heavy atom. The molecule has 1 heteroatoms. The minimum absolute atomic E-state index is 1.13. The van der Waals surface area contributed by atoms with Crippen LogP contribution in [0.3, 0.4) is 0 Å². The van der Waals surface area contributed by atoms with E-state index in [1.165, 1.54) is 31.6 Å². The first kappa shape index (κ1) is 8.54. The molecule has 1 nitrogen and oxygen atoms in total. The van der Waals surface area contributed by atoms with Gasteiger partial charge in [-0.2, -0.15) is 0 Å². The first-order valence-electron chi connectivity index (χ1n) is 4.39. The zero-order valence-electron chi connectivity index (χ0n) is 7.34. The standard InChI is InChI=1S/C10H17N/c1-3-11-8-5-4-6-10(2)7-9-11/h4,6H,2-3,5,7-9H2,1H3. The Bertz CT molecular complexity index is 158. The van der Waals surface area contributed by atoms with Gasteiger partial charge in [-0.3, -0.25) is 0 Å². The third kappa shape index (κ3) is 2.89. The normalized spacial score (nSPS) is 21.4. The summed E-state index contributed by atoms with van der Waals surface area (Å²) < 4.78 is 0. The van der Waals surface area contributed by atoms with Crippen LogP contribution in [0.15, 0.2) is 24.3 Å². The molecule has 0 saturated carbocycles. The zero-order valence-corrected chi connectivity index (χ0v) is 7.34. The molecule has 0 aromatic heterocycles. The summed E-state index contributed by atoms with van der Waals surface area (Å²) in [6.45, 7) is 9.74. The highest BCUT2D eigenvalue weighted by Gasteiger charge is 2.03. The van der Waals surface area contributed by atoms with Gasteiger partial charge in [-0.1, -0.05) is 31.2 Å². The summed E-state index contributed by atoms with van der Waals surface area (Å²) in [5.74, 6) is 0. The number of allylic oxidation sites excluding steroid dienone is 1. The number of hydrogen-bond donors (Lipinski definition) is 0. The van der Waals surface area contributed by atoms with E-state index in [2.05, 4.69) is 30.6 Å². The maximum Gasteiger partial charge on any atom is 0.00216 e. The topological polar surface area (TPSA) is 3.24 Å². The summed E-state index contributed by atoms with van der Waals surface area (Å²) >= 11 is 0. The van der Waals surface area contributed by atoms with Crippen molar-refractivity contribution < 1.29 is 0 Å². The van der Waals surface area contributed by atoms with E-state index < -0.39 is 0 Å². The molecule has 1 rings (SSSR count). The Kier molecular flexibility index (Phi) is 3.37. The van der Waals surface area contributed by atoms with Crippen LogP contribution >= 0.6 is 0 Å². The van der Waals surface area contributed by atoms with Crippen molar-refractivity contribution >= 4 is 0 Å². The summed E-state index contributed by atoms with van der Waals surface area (Å²) in [6.07, 6.45) is 6.69. The lowest BCUT2D eigenvalue weighted by molar-refractivity contribution is 0.296. The van der Waals surface area contributed by atoms with Crippen molar-refractivity contribution in [1.82, 2.24) is 4.90 Å². The Balaban J connectivity index is 2.43. The van der Waals surface area contributed by atoms with E-state index >= 15 is 0 Å². The summed E-state index contributed by atoms with van der Waals surface area (Å²) in [4.78, 5) is 2.47. The third-order valence-electron chi connectivity index (χ3n) is 2.16. The van der Waals surface area contributed by atoms with Gasteiger partial charge in [0.2, 0.25) is 0 Å². The van der Waals surface area contributed by atoms with E-state index in [4.69, 9.17) is 0 Å². The van der Waals surface area contributed by atoms with E-state index in [1.807, 2.05) is 0 Å². The van der Waals surface area contributed by atoms with Crippen LogP contribution in [0.1, 0.15) is 19.8 Å². The van der Waals surface area contributed by atoms with Crippen LogP contribution in [0, 0.1) is 0 Å². The maximum atomic E-state index is 3.97. The van der Waals surface area contributed by atoms with Gasteiger partial charge in [0.1, 0.15) is 0 Å². The molecule has 0 saturated heterocycles. The smallest absolute Gasteiger partial charge is 0.00216 e. The first-order valence-corrected chi connectivity index (χ1v) is 4.39. The molecule has 1 aliphatic rings. The van der Waals surface area contributed by atoms with Gasteiger partial charge in [0, 0.05) is 13.1 Å². The van der Waals surface area contributed by atoms with Crippen LogP contribution in [0.5, 0.6) is 0 Å². The summed E-state index contributed by atoms with van der Waals surface area (Å²) in [5.41, 5.74) is 1.27. The highest BCUT2D eigenvalue weighted by atomic mass is 15.1. The monoisotopic (exact) mass is 151 g/mol. The minimum atomic E-state index is 1.13. The lowest BCUT2D eigenvalue weighted by Crippen LogP contribution is -2.26. The fourth-order valence-electron chi connectivity index (χ4n) is 1.32. The van der Waals surface area contributed by atoms with Crippen LogP contribution in [-0.4, -0.2) is 24.5 Å². The molecular weight excluding hydrogens is 134 g/mol. The molecule has 1 heterocycles. The highest BCUT2D eigenvalue weighted by molar-refractivity contribution is 5.15. The SMILES string of the molecule is C=C1C=CCCN(CC)CC1. The molecule has 0 aromatic rings. The molecule has 0 spiro atoms. The zero-order chi connectivity index (χ0) is 8.10. The van der Waals surface area contributed by atoms with Gasteiger partial charge in [0.05, 0.1) is 0 Å². The highest BCUT2D eigenvalue weighted by Crippen LogP contribution is 2.07. The van der Waals surface area contributed by atoms with E-state index in [0.717, 1.165) is 6.42 Å². The lowest BCUT2D eigenvalue weighted by Gasteiger charge is -2.21. The first-order chi connectivity index (χ1) is 5.33. The summed E-state index contributed by atoms with van der Waals surface area (Å²) in [5, 5.41) is 0. The van der Waals surface area contributed by atoms with Gasteiger partial charge < -0.3 is 4.90 Å². The average molecular weight is 151 g/mol. The van der Waals surface area contributed by atoms with Crippen LogP contribution in [0.2, 0.25) is 0 Å². The molecule has 0 unspecified atom stereocenters. The fourth-order valence-corrected chi connectivity index (χ4v) is 1.32. The lowest BCUT2D eigenvalue weighted by atomic mass is 10.1. The van der Waals surface area contributed by atoms with Crippen LogP contribution in [-0.2, 0) is 0 Å². The molecule has 62 valence electrons. The van der Waals surface area contributed by atoms with Crippen LogP contribution < -0.4 is 0 Å². The van der Waals surface area contributed by atoms with Crippen LogP contribution in [0.4, 0.5) is 0 Å². The predicted octanol–water partition coefficient (Wildman–Crippen LogP) is 2.21. The van der Waals surface area contributed by atoms with Crippen molar-refractivity contribution in [3.8, 4) is 0 Å². The largest absolute Gasteiger partial charge is 0.303 e. The molecule has 0 amide bonds. The molecule has 0 fully saturated rings. The molecule has 0 N–H and O–H groups in total. The van der Waals surface area contributed by atoms with E-state index in [-0.39, 0.29) is 0 Å². The molecular formula is C10H17N. The van der Waals surface area contributed by atoms with Gasteiger partial charge in [-0.25, -0.2) is 0 Å². The average Bonchev–Trinajstić information content (AvgIpc) is 1.98. The van der Waals surface area contributed by atoms with Gasteiger partial charge in [0.15, 0.2) is 0 Å². The van der Waals surface area contributed by atoms with Gasteiger partial charge in [-0.05, 0) is 19.4 Å². The molecule has 1 aliphatic heterocycles. The Hall–Kier alpha value is -0.560. The van der Waals surface area contributed by atoms with Crippen molar-refractivity contribution in [3.05, 3.63) is 24.3 Å². The number of rotatable bonds is 1. The Morgan fingerprint density at radius 1 is 1.55 bits per heavy atom. The second kappa shape index (κ2) is 4.35. The Labute approximate surface area is 69.4 Å². The summed E-state index contributed by atoms with van der Waals surface area (Å²) in [6, 6.07) is 0.